The number of anilines is 1. The molecule has 2 rings (SSSR count). The zero-order valence-corrected chi connectivity index (χ0v) is 12.6. The van der Waals surface area contributed by atoms with E-state index in [4.69, 9.17) is 0 Å². The number of rotatable bonds is 4. The molecule has 0 fully saturated rings. The second kappa shape index (κ2) is 5.44. The fourth-order valence-corrected chi connectivity index (χ4v) is 3.00. The summed E-state index contributed by atoms with van der Waals surface area (Å²) in [6.07, 6.45) is 1.36. The molecule has 0 aliphatic carbocycles. The number of hydrogen-bond donors (Lipinski definition) is 1. The van der Waals surface area contributed by atoms with Crippen molar-refractivity contribution in [3.63, 3.8) is 0 Å². The van der Waals surface area contributed by atoms with E-state index in [1.54, 1.807) is 0 Å². The quantitative estimate of drug-likeness (QED) is 0.943. The molecule has 1 aromatic carbocycles. The predicted octanol–water partition coefficient (Wildman–Crippen LogP) is 2.85. The van der Waals surface area contributed by atoms with Gasteiger partial charge in [0, 0.05) is 18.3 Å². The lowest BCUT2D eigenvalue weighted by Gasteiger charge is -2.08. The smallest absolute Gasteiger partial charge is 0.265 e. The first-order valence-electron chi connectivity index (χ1n) is 6.24. The van der Waals surface area contributed by atoms with Gasteiger partial charge < -0.3 is 0 Å². The monoisotopic (exact) mass is 315 g/mol. The molecule has 0 aliphatic heterocycles. The number of aromatic nitrogens is 2. The molecule has 114 valence electrons. The largest absolute Gasteiger partial charge is 0.276 e. The Morgan fingerprint density at radius 3 is 2.52 bits per heavy atom. The van der Waals surface area contributed by atoms with Gasteiger partial charge in [-0.1, -0.05) is 0 Å². The van der Waals surface area contributed by atoms with Crippen molar-refractivity contribution in [2.45, 2.75) is 31.7 Å². The van der Waals surface area contributed by atoms with E-state index >= 15 is 0 Å². The highest BCUT2D eigenvalue weighted by Gasteiger charge is 2.22. The van der Waals surface area contributed by atoms with Gasteiger partial charge in [0.2, 0.25) is 0 Å². The zero-order chi connectivity index (χ0) is 15.8. The van der Waals surface area contributed by atoms with E-state index in [9.17, 15) is 17.2 Å². The van der Waals surface area contributed by atoms with E-state index in [1.165, 1.54) is 17.8 Å². The lowest BCUT2D eigenvalue weighted by atomic mass is 10.3. The molecule has 1 heterocycles. The van der Waals surface area contributed by atoms with Gasteiger partial charge in [0.05, 0.1) is 11.4 Å². The van der Waals surface area contributed by atoms with Gasteiger partial charge in [0.1, 0.15) is 16.5 Å². The van der Waals surface area contributed by atoms with Crippen molar-refractivity contribution in [2.75, 3.05) is 4.72 Å². The number of halogens is 2. The first-order chi connectivity index (χ1) is 9.70. The van der Waals surface area contributed by atoms with Gasteiger partial charge >= 0.3 is 0 Å². The molecule has 0 spiro atoms. The topological polar surface area (TPSA) is 64.0 Å². The minimum absolute atomic E-state index is 0.0152. The molecular formula is C13H15F2N3O2S. The Kier molecular flexibility index (Phi) is 3.99. The fourth-order valence-electron chi connectivity index (χ4n) is 1.77. The number of nitrogens with zero attached hydrogens (tertiary/aromatic N) is 2. The molecule has 0 saturated heterocycles. The van der Waals surface area contributed by atoms with Crippen molar-refractivity contribution < 1.29 is 17.2 Å². The van der Waals surface area contributed by atoms with Gasteiger partial charge in [-0.25, -0.2) is 17.2 Å². The molecular weight excluding hydrogens is 300 g/mol. The summed E-state index contributed by atoms with van der Waals surface area (Å²) in [6.45, 7) is 5.24. The second-order valence-corrected chi connectivity index (χ2v) is 6.53. The van der Waals surface area contributed by atoms with Crippen molar-refractivity contribution >= 4 is 15.7 Å². The molecule has 8 heteroatoms. The van der Waals surface area contributed by atoms with Crippen molar-refractivity contribution in [1.82, 2.24) is 9.78 Å². The van der Waals surface area contributed by atoms with Gasteiger partial charge in [0.25, 0.3) is 10.0 Å². The third-order valence-electron chi connectivity index (χ3n) is 2.86. The van der Waals surface area contributed by atoms with Gasteiger partial charge in [-0.3, -0.25) is 9.40 Å². The van der Waals surface area contributed by atoms with Crippen LogP contribution in [0.2, 0.25) is 0 Å². The van der Waals surface area contributed by atoms with Gasteiger partial charge in [-0.05, 0) is 32.9 Å². The van der Waals surface area contributed by atoms with Gasteiger partial charge in [-0.15, -0.1) is 0 Å². The number of hydrogen-bond acceptors (Lipinski definition) is 3. The van der Waals surface area contributed by atoms with Crippen LogP contribution < -0.4 is 4.72 Å². The van der Waals surface area contributed by atoms with Crippen molar-refractivity contribution in [2.24, 2.45) is 0 Å². The highest BCUT2D eigenvalue weighted by Crippen LogP contribution is 2.22. The Morgan fingerprint density at radius 1 is 1.29 bits per heavy atom. The lowest BCUT2D eigenvalue weighted by Crippen LogP contribution is -2.14. The van der Waals surface area contributed by atoms with Crippen LogP contribution in [-0.4, -0.2) is 18.2 Å². The Hall–Kier alpha value is -1.96. The molecule has 0 aliphatic rings. The standard InChI is InChI=1S/C13H15F2N3O2S/c1-8(2)18-7-13(9(3)16-18)21(19,20)17-12-6-10(14)4-5-11(12)15/h4-8,17H,1-3H3. The highest BCUT2D eigenvalue weighted by atomic mass is 32.2. The minimum Gasteiger partial charge on any atom is -0.276 e. The van der Waals surface area contributed by atoms with Crippen LogP contribution in [0.5, 0.6) is 0 Å². The summed E-state index contributed by atoms with van der Waals surface area (Å²) in [4.78, 5) is -0.0696. The maximum atomic E-state index is 13.5. The normalized spacial score (nSPS) is 11.9. The maximum Gasteiger partial charge on any atom is 0.265 e. The van der Waals surface area contributed by atoms with Gasteiger partial charge in [0.15, 0.2) is 0 Å². The molecule has 0 bridgehead atoms. The van der Waals surface area contributed by atoms with E-state index in [-0.39, 0.29) is 16.6 Å². The highest BCUT2D eigenvalue weighted by molar-refractivity contribution is 7.92. The number of benzene rings is 1. The lowest BCUT2D eigenvalue weighted by molar-refractivity contribution is 0.528. The third kappa shape index (κ3) is 3.21. The Morgan fingerprint density at radius 2 is 1.95 bits per heavy atom. The van der Waals surface area contributed by atoms with Crippen LogP contribution in [0.4, 0.5) is 14.5 Å². The summed E-state index contributed by atoms with van der Waals surface area (Å²) in [6, 6.07) is 2.54. The number of aryl methyl sites for hydroxylation is 1. The Bertz CT molecular complexity index is 770. The van der Waals surface area contributed by atoms with Crippen LogP contribution in [0.25, 0.3) is 0 Å². The molecule has 0 amide bonds. The molecule has 0 saturated carbocycles. The predicted molar refractivity (Wildman–Crippen MR) is 74.5 cm³/mol. The Labute approximate surface area is 121 Å². The van der Waals surface area contributed by atoms with E-state index in [0.717, 1.165) is 18.2 Å². The van der Waals surface area contributed by atoms with Crippen molar-refractivity contribution in [3.8, 4) is 0 Å². The van der Waals surface area contributed by atoms with Gasteiger partial charge in [-0.2, -0.15) is 5.10 Å². The molecule has 0 radical (unpaired) electrons. The Balaban J connectivity index is 2.41. The van der Waals surface area contributed by atoms with E-state index in [2.05, 4.69) is 5.10 Å². The summed E-state index contributed by atoms with van der Waals surface area (Å²) >= 11 is 0. The number of sulfonamides is 1. The van der Waals surface area contributed by atoms with Crippen LogP contribution in [0.15, 0.2) is 29.3 Å². The van der Waals surface area contributed by atoms with Crippen molar-refractivity contribution in [3.05, 3.63) is 41.7 Å². The third-order valence-corrected chi connectivity index (χ3v) is 4.33. The van der Waals surface area contributed by atoms with E-state index < -0.39 is 27.3 Å². The molecule has 2 aromatic rings. The second-order valence-electron chi connectivity index (χ2n) is 4.88. The molecule has 0 atom stereocenters. The van der Waals surface area contributed by atoms with E-state index in [1.807, 2.05) is 18.6 Å². The molecule has 21 heavy (non-hydrogen) atoms. The SMILES string of the molecule is Cc1nn(C(C)C)cc1S(=O)(=O)Nc1cc(F)ccc1F. The van der Waals surface area contributed by atoms with E-state index in [0.29, 0.717) is 0 Å². The summed E-state index contributed by atoms with van der Waals surface area (Å²) in [5.41, 5.74) is -0.153. The van der Waals surface area contributed by atoms with Crippen LogP contribution in [-0.2, 0) is 10.0 Å². The summed E-state index contributed by atoms with van der Waals surface area (Å²) in [5.74, 6) is -1.59. The average molecular weight is 315 g/mol. The molecule has 5 nitrogen and oxygen atoms in total. The van der Waals surface area contributed by atoms with Crippen molar-refractivity contribution in [1.29, 1.82) is 0 Å². The molecule has 0 unspecified atom stereocenters. The van der Waals surface area contributed by atoms with Crippen LogP contribution >= 0.6 is 0 Å². The summed E-state index contributed by atoms with van der Waals surface area (Å²) < 4.78 is 54.7. The maximum absolute atomic E-state index is 13.5. The van der Waals surface area contributed by atoms with Crippen LogP contribution in [0.1, 0.15) is 25.6 Å². The fraction of sp³-hybridized carbons (Fsp3) is 0.308. The first kappa shape index (κ1) is 15.4. The summed E-state index contributed by atoms with van der Waals surface area (Å²) in [7, 11) is -4.04. The molecule has 1 N–H and O–H groups in total. The minimum atomic E-state index is -4.04. The summed E-state index contributed by atoms with van der Waals surface area (Å²) in [5, 5.41) is 4.09. The number of nitrogens with one attached hydrogen (secondary N) is 1. The van der Waals surface area contributed by atoms with Crippen LogP contribution in [0, 0.1) is 18.6 Å². The first-order valence-corrected chi connectivity index (χ1v) is 7.72. The molecule has 1 aromatic heterocycles. The van der Waals surface area contributed by atoms with Crippen LogP contribution in [0.3, 0.4) is 0 Å². The average Bonchev–Trinajstić information content (AvgIpc) is 2.77. The zero-order valence-electron chi connectivity index (χ0n) is 11.8.